The van der Waals surface area contributed by atoms with E-state index in [4.69, 9.17) is 4.74 Å². The van der Waals surface area contributed by atoms with Crippen LogP contribution in [0.25, 0.3) is 11.2 Å². The van der Waals surface area contributed by atoms with E-state index in [2.05, 4.69) is 26.8 Å². The second-order valence-electron chi connectivity index (χ2n) is 8.18. The van der Waals surface area contributed by atoms with Gasteiger partial charge in [0.2, 0.25) is 11.8 Å². The number of aromatic amines is 1. The van der Waals surface area contributed by atoms with Crippen LogP contribution in [-0.4, -0.2) is 74.3 Å². The maximum absolute atomic E-state index is 13.0. The summed E-state index contributed by atoms with van der Waals surface area (Å²) in [5.74, 6) is -1.50. The highest BCUT2D eigenvalue weighted by atomic mass is 19.4. The van der Waals surface area contributed by atoms with Crippen LogP contribution in [0, 0.1) is 5.92 Å². The van der Waals surface area contributed by atoms with Gasteiger partial charge in [-0.3, -0.25) is 9.59 Å². The first-order valence-corrected chi connectivity index (χ1v) is 10.5. The molecule has 3 N–H and O–H groups in total. The number of aromatic nitrogens is 3. The van der Waals surface area contributed by atoms with Crippen molar-refractivity contribution in [1.82, 2.24) is 25.2 Å². The molecule has 0 aromatic carbocycles. The van der Waals surface area contributed by atoms with Gasteiger partial charge in [-0.2, -0.15) is 13.2 Å². The SMILES string of the molecule is C=CC(=O)N1CCC(Oc2cnc3[nH]cc(C(=O)N[C@@H](C(C)C)[C@H](O)C(F)(F)F)c3n2)CC1. The minimum Gasteiger partial charge on any atom is -0.473 e. The van der Waals surface area contributed by atoms with Gasteiger partial charge in [-0.15, -0.1) is 0 Å². The minimum atomic E-state index is -4.88. The zero-order chi connectivity index (χ0) is 24.3. The number of rotatable bonds is 7. The number of nitrogens with one attached hydrogen (secondary N) is 2. The van der Waals surface area contributed by atoms with E-state index in [9.17, 15) is 27.9 Å². The summed E-state index contributed by atoms with van der Waals surface area (Å²) in [4.78, 5) is 37.3. The number of aliphatic hydroxyl groups excluding tert-OH is 1. The summed E-state index contributed by atoms with van der Waals surface area (Å²) >= 11 is 0. The molecule has 2 aromatic rings. The molecule has 0 saturated carbocycles. The molecule has 0 radical (unpaired) electrons. The molecule has 1 saturated heterocycles. The number of likely N-dealkylation sites (tertiary alicyclic amines) is 1. The van der Waals surface area contributed by atoms with Crippen molar-refractivity contribution in [2.24, 2.45) is 5.92 Å². The zero-order valence-electron chi connectivity index (χ0n) is 18.2. The molecule has 2 amide bonds. The number of hydrogen-bond acceptors (Lipinski definition) is 6. The Morgan fingerprint density at radius 3 is 2.61 bits per heavy atom. The Hall–Kier alpha value is -3.15. The fraction of sp³-hybridized carbons (Fsp3) is 0.524. The molecule has 2 aromatic heterocycles. The molecule has 3 heterocycles. The van der Waals surface area contributed by atoms with Crippen molar-refractivity contribution in [2.45, 2.75) is 51.1 Å². The summed E-state index contributed by atoms with van der Waals surface area (Å²) in [5.41, 5.74) is 0.374. The van der Waals surface area contributed by atoms with Crippen LogP contribution < -0.4 is 10.1 Å². The molecule has 1 aliphatic rings. The van der Waals surface area contributed by atoms with E-state index < -0.39 is 30.1 Å². The van der Waals surface area contributed by atoms with Gasteiger partial charge >= 0.3 is 6.18 Å². The highest BCUT2D eigenvalue weighted by Gasteiger charge is 2.45. The van der Waals surface area contributed by atoms with Gasteiger partial charge in [-0.05, 0) is 12.0 Å². The van der Waals surface area contributed by atoms with Crippen molar-refractivity contribution in [1.29, 1.82) is 0 Å². The number of halogens is 3. The molecule has 1 aliphatic heterocycles. The number of aliphatic hydroxyl groups is 1. The first-order chi connectivity index (χ1) is 15.5. The number of carbonyl (C=O) groups excluding carboxylic acids is 2. The smallest absolute Gasteiger partial charge is 0.416 e. The number of amides is 2. The Morgan fingerprint density at radius 1 is 1.36 bits per heavy atom. The Labute approximate surface area is 188 Å². The Morgan fingerprint density at radius 2 is 2.03 bits per heavy atom. The number of fused-ring (bicyclic) bond motifs is 1. The first kappa shape index (κ1) is 24.5. The van der Waals surface area contributed by atoms with E-state index in [-0.39, 0.29) is 34.6 Å². The van der Waals surface area contributed by atoms with Crippen LogP contribution in [-0.2, 0) is 4.79 Å². The molecule has 0 spiro atoms. The standard InChI is InChI=1S/C21H26F3N5O4/c1-4-15(30)29-7-5-12(6-8-29)33-14-10-26-19-17(27-14)13(9-25-19)20(32)28-16(11(2)3)18(31)21(22,23)24/h4,9-12,16,18,31H,1,5-8H2,2-3H3,(H,25,26)(H,28,32)/t16-,18-/m0/s1. The first-order valence-electron chi connectivity index (χ1n) is 10.5. The lowest BCUT2D eigenvalue weighted by Crippen LogP contribution is -2.52. The van der Waals surface area contributed by atoms with Crippen LogP contribution in [0.2, 0.25) is 0 Å². The molecule has 9 nitrogen and oxygen atoms in total. The molecule has 180 valence electrons. The fourth-order valence-electron chi connectivity index (χ4n) is 3.64. The van der Waals surface area contributed by atoms with Gasteiger partial charge in [-0.1, -0.05) is 20.4 Å². The molecule has 0 unspecified atom stereocenters. The monoisotopic (exact) mass is 469 g/mol. The predicted molar refractivity (Wildman–Crippen MR) is 112 cm³/mol. The van der Waals surface area contributed by atoms with Crippen molar-refractivity contribution in [3.05, 3.63) is 30.6 Å². The molecular weight excluding hydrogens is 443 g/mol. The lowest BCUT2D eigenvalue weighted by atomic mass is 9.97. The third kappa shape index (κ3) is 5.62. The Kier molecular flexibility index (Phi) is 7.25. The highest BCUT2D eigenvalue weighted by Crippen LogP contribution is 2.26. The van der Waals surface area contributed by atoms with Gasteiger partial charge in [0.15, 0.2) is 11.8 Å². The van der Waals surface area contributed by atoms with E-state index >= 15 is 0 Å². The molecule has 3 rings (SSSR count). The fourth-order valence-corrected chi connectivity index (χ4v) is 3.64. The van der Waals surface area contributed by atoms with Gasteiger partial charge < -0.3 is 25.0 Å². The maximum Gasteiger partial charge on any atom is 0.416 e. The van der Waals surface area contributed by atoms with Gasteiger partial charge in [0.1, 0.15) is 11.6 Å². The second-order valence-corrected chi connectivity index (χ2v) is 8.18. The normalized spacial score (nSPS) is 17.1. The van der Waals surface area contributed by atoms with Crippen molar-refractivity contribution in [3.8, 4) is 5.88 Å². The third-order valence-corrected chi connectivity index (χ3v) is 5.51. The molecule has 1 fully saturated rings. The molecule has 33 heavy (non-hydrogen) atoms. The predicted octanol–water partition coefficient (Wildman–Crippen LogP) is 2.19. The molecule has 2 atom stereocenters. The molecule has 12 heteroatoms. The van der Waals surface area contributed by atoms with Crippen LogP contribution >= 0.6 is 0 Å². The average Bonchev–Trinajstić information content (AvgIpc) is 3.19. The minimum absolute atomic E-state index is 0.0191. The lowest BCUT2D eigenvalue weighted by molar-refractivity contribution is -0.214. The highest BCUT2D eigenvalue weighted by molar-refractivity contribution is 6.04. The van der Waals surface area contributed by atoms with Gasteiger partial charge in [0, 0.05) is 32.1 Å². The van der Waals surface area contributed by atoms with Crippen LogP contribution in [0.3, 0.4) is 0 Å². The van der Waals surface area contributed by atoms with Gasteiger partial charge in [0.25, 0.3) is 5.91 Å². The van der Waals surface area contributed by atoms with E-state index in [1.165, 1.54) is 32.3 Å². The average molecular weight is 469 g/mol. The zero-order valence-corrected chi connectivity index (χ0v) is 18.2. The Balaban J connectivity index is 1.73. The molecule has 0 aliphatic carbocycles. The van der Waals surface area contributed by atoms with Crippen molar-refractivity contribution in [2.75, 3.05) is 13.1 Å². The topological polar surface area (TPSA) is 120 Å². The Bertz CT molecular complexity index is 1010. The van der Waals surface area contributed by atoms with Crippen molar-refractivity contribution >= 4 is 23.0 Å². The lowest BCUT2D eigenvalue weighted by Gasteiger charge is -2.31. The largest absolute Gasteiger partial charge is 0.473 e. The number of piperidine rings is 1. The van der Waals surface area contributed by atoms with Crippen LogP contribution in [0.5, 0.6) is 5.88 Å². The van der Waals surface area contributed by atoms with Crippen molar-refractivity contribution in [3.63, 3.8) is 0 Å². The summed E-state index contributed by atoms with van der Waals surface area (Å²) < 4.78 is 44.8. The summed E-state index contributed by atoms with van der Waals surface area (Å²) in [6, 6.07) is -1.54. The van der Waals surface area contributed by atoms with Crippen LogP contribution in [0.15, 0.2) is 25.0 Å². The third-order valence-electron chi connectivity index (χ3n) is 5.51. The summed E-state index contributed by atoms with van der Waals surface area (Å²) in [7, 11) is 0. The second kappa shape index (κ2) is 9.77. The van der Waals surface area contributed by atoms with Crippen molar-refractivity contribution < 1.29 is 32.6 Å². The van der Waals surface area contributed by atoms with Gasteiger partial charge in [0.05, 0.1) is 17.8 Å². The number of carbonyl (C=O) groups is 2. The summed E-state index contributed by atoms with van der Waals surface area (Å²) in [6.07, 6.45) is -2.72. The summed E-state index contributed by atoms with van der Waals surface area (Å²) in [6.45, 7) is 7.41. The van der Waals surface area contributed by atoms with Gasteiger partial charge in [-0.25, -0.2) is 9.97 Å². The quantitative estimate of drug-likeness (QED) is 0.535. The number of hydrogen-bond donors (Lipinski definition) is 3. The molecule has 0 bridgehead atoms. The van der Waals surface area contributed by atoms with E-state index in [1.807, 2.05) is 0 Å². The van der Waals surface area contributed by atoms with Crippen LogP contribution in [0.1, 0.15) is 37.0 Å². The van der Waals surface area contributed by atoms with E-state index in [0.717, 1.165) is 0 Å². The number of ether oxygens (including phenoxy) is 1. The maximum atomic E-state index is 13.0. The summed E-state index contributed by atoms with van der Waals surface area (Å²) in [5, 5.41) is 11.9. The van der Waals surface area contributed by atoms with E-state index in [0.29, 0.717) is 25.9 Å². The number of nitrogens with zero attached hydrogens (tertiary/aromatic N) is 3. The van der Waals surface area contributed by atoms with Crippen LogP contribution in [0.4, 0.5) is 13.2 Å². The molecular formula is C21H26F3N5O4. The number of H-pyrrole nitrogens is 1. The van der Waals surface area contributed by atoms with E-state index in [1.54, 1.807) is 4.90 Å². The number of alkyl halides is 3.